The van der Waals surface area contributed by atoms with Crippen LogP contribution in [0, 0.1) is 5.82 Å². The number of carbonyl (C=O) groups excluding carboxylic acids is 1. The lowest BCUT2D eigenvalue weighted by molar-refractivity contribution is -0.255. The molecule has 0 spiro atoms. The van der Waals surface area contributed by atoms with Crippen LogP contribution in [0.25, 0.3) is 0 Å². The number of carboxylic acids is 1. The first kappa shape index (κ1) is 16.3. The molecule has 0 saturated heterocycles. The van der Waals surface area contributed by atoms with Crippen molar-refractivity contribution in [3.8, 4) is 0 Å². The molecule has 2 aromatic rings. The lowest BCUT2D eigenvalue weighted by atomic mass is 10.1. The molecule has 0 unspecified atom stereocenters. The Morgan fingerprint density at radius 2 is 1.82 bits per heavy atom. The van der Waals surface area contributed by atoms with Gasteiger partial charge in [0.05, 0.1) is 27.4 Å². The smallest absolute Gasteiger partial charge is 0.142 e. The number of anilines is 1. The van der Waals surface area contributed by atoms with Crippen LogP contribution >= 0.6 is 23.2 Å². The number of benzene rings is 2. The van der Waals surface area contributed by atoms with Crippen LogP contribution in [-0.2, 0) is 0 Å². The summed E-state index contributed by atoms with van der Waals surface area (Å²) in [7, 11) is 0. The SMILES string of the molecule is C/C(=N/Nc1ccc(C(=O)[O-])cc1)c1cc(F)c(Cl)cc1Cl. The number of nitrogens with one attached hydrogen (secondary N) is 1. The van der Waals surface area contributed by atoms with E-state index in [0.717, 1.165) is 0 Å². The predicted octanol–water partition coefficient (Wildman–Crippen LogP) is 3.33. The van der Waals surface area contributed by atoms with E-state index in [9.17, 15) is 14.3 Å². The van der Waals surface area contributed by atoms with Crippen LogP contribution in [-0.4, -0.2) is 11.7 Å². The van der Waals surface area contributed by atoms with Crippen molar-refractivity contribution < 1.29 is 14.3 Å². The maximum absolute atomic E-state index is 13.5. The fraction of sp³-hybridized carbons (Fsp3) is 0.0667. The van der Waals surface area contributed by atoms with Gasteiger partial charge >= 0.3 is 0 Å². The molecule has 0 aliphatic rings. The monoisotopic (exact) mass is 339 g/mol. The van der Waals surface area contributed by atoms with Gasteiger partial charge in [-0.2, -0.15) is 5.10 Å². The summed E-state index contributed by atoms with van der Waals surface area (Å²) in [5.41, 5.74) is 4.21. The third-order valence-electron chi connectivity index (χ3n) is 2.87. The molecule has 0 atom stereocenters. The summed E-state index contributed by atoms with van der Waals surface area (Å²) in [5.74, 6) is -1.84. The number of hydrogen-bond acceptors (Lipinski definition) is 4. The van der Waals surface area contributed by atoms with Gasteiger partial charge in [-0.25, -0.2) is 4.39 Å². The molecule has 0 aromatic heterocycles. The van der Waals surface area contributed by atoms with E-state index < -0.39 is 11.8 Å². The highest BCUT2D eigenvalue weighted by Crippen LogP contribution is 2.25. The number of hydrazone groups is 1. The average molecular weight is 340 g/mol. The molecule has 0 radical (unpaired) electrons. The second-order valence-electron chi connectivity index (χ2n) is 4.42. The molecule has 4 nitrogen and oxygen atoms in total. The lowest BCUT2D eigenvalue weighted by Crippen LogP contribution is -2.21. The Balaban J connectivity index is 2.19. The molecule has 0 fully saturated rings. The van der Waals surface area contributed by atoms with Gasteiger partial charge in [-0.1, -0.05) is 35.3 Å². The summed E-state index contributed by atoms with van der Waals surface area (Å²) in [5, 5.41) is 14.9. The largest absolute Gasteiger partial charge is 0.545 e. The predicted molar refractivity (Wildman–Crippen MR) is 83.0 cm³/mol. The quantitative estimate of drug-likeness (QED) is 0.527. The van der Waals surface area contributed by atoms with Crippen LogP contribution in [0.15, 0.2) is 41.5 Å². The van der Waals surface area contributed by atoms with Gasteiger partial charge in [0.25, 0.3) is 0 Å². The molecule has 22 heavy (non-hydrogen) atoms. The van der Waals surface area contributed by atoms with Crippen molar-refractivity contribution in [2.75, 3.05) is 5.43 Å². The van der Waals surface area contributed by atoms with Crippen LogP contribution in [0.3, 0.4) is 0 Å². The van der Waals surface area contributed by atoms with Crippen molar-refractivity contribution in [2.24, 2.45) is 5.10 Å². The summed E-state index contributed by atoms with van der Waals surface area (Å²) in [4.78, 5) is 10.6. The van der Waals surface area contributed by atoms with Crippen molar-refractivity contribution in [3.63, 3.8) is 0 Å². The van der Waals surface area contributed by atoms with Crippen LogP contribution in [0.1, 0.15) is 22.8 Å². The molecule has 7 heteroatoms. The fourth-order valence-corrected chi connectivity index (χ4v) is 2.21. The Hall–Kier alpha value is -2.11. The zero-order valence-electron chi connectivity index (χ0n) is 11.4. The highest BCUT2D eigenvalue weighted by molar-refractivity contribution is 6.37. The van der Waals surface area contributed by atoms with Gasteiger partial charge in [0.2, 0.25) is 0 Å². The standard InChI is InChI=1S/C15H11Cl2FN2O2/c1-8(11-6-14(18)13(17)7-12(11)16)19-20-10-4-2-9(3-5-10)15(21)22/h2-7,20H,1H3,(H,21,22)/p-1/b19-8-. The van der Waals surface area contributed by atoms with Gasteiger partial charge in [-0.05, 0) is 36.8 Å². The van der Waals surface area contributed by atoms with E-state index >= 15 is 0 Å². The highest BCUT2D eigenvalue weighted by Gasteiger charge is 2.09. The maximum atomic E-state index is 13.5. The van der Waals surface area contributed by atoms with E-state index in [4.69, 9.17) is 23.2 Å². The van der Waals surface area contributed by atoms with Gasteiger partial charge < -0.3 is 9.90 Å². The number of carbonyl (C=O) groups is 1. The summed E-state index contributed by atoms with van der Waals surface area (Å²) in [6.45, 7) is 1.65. The Labute approximate surface area is 136 Å². The zero-order chi connectivity index (χ0) is 16.3. The molecular formula is C15H10Cl2FN2O2-. The first-order chi connectivity index (χ1) is 10.4. The van der Waals surface area contributed by atoms with E-state index in [2.05, 4.69) is 10.5 Å². The minimum atomic E-state index is -1.25. The van der Waals surface area contributed by atoms with Crippen molar-refractivity contribution in [1.82, 2.24) is 0 Å². The summed E-state index contributed by atoms with van der Waals surface area (Å²) >= 11 is 11.6. The first-order valence-electron chi connectivity index (χ1n) is 6.15. The number of nitrogens with zero attached hydrogens (tertiary/aromatic N) is 1. The maximum Gasteiger partial charge on any atom is 0.142 e. The van der Waals surface area contributed by atoms with Crippen LogP contribution in [0.4, 0.5) is 10.1 Å². The molecule has 114 valence electrons. The zero-order valence-corrected chi connectivity index (χ0v) is 12.9. The molecule has 0 heterocycles. The van der Waals surface area contributed by atoms with Gasteiger partial charge in [0.1, 0.15) is 5.82 Å². The molecule has 2 aromatic carbocycles. The van der Waals surface area contributed by atoms with E-state index in [0.29, 0.717) is 17.0 Å². The van der Waals surface area contributed by atoms with Crippen LogP contribution < -0.4 is 10.5 Å². The highest BCUT2D eigenvalue weighted by atomic mass is 35.5. The van der Waals surface area contributed by atoms with Crippen molar-refractivity contribution >= 4 is 40.6 Å². The Bertz CT molecular complexity index is 746. The van der Waals surface area contributed by atoms with Gasteiger partial charge in [0.15, 0.2) is 0 Å². The van der Waals surface area contributed by atoms with E-state index in [1.165, 1.54) is 36.4 Å². The molecule has 1 N–H and O–H groups in total. The second-order valence-corrected chi connectivity index (χ2v) is 5.23. The lowest BCUT2D eigenvalue weighted by Gasteiger charge is -2.07. The molecule has 0 saturated carbocycles. The van der Waals surface area contributed by atoms with Crippen LogP contribution in [0.5, 0.6) is 0 Å². The molecule has 0 bridgehead atoms. The molecule has 0 aliphatic carbocycles. The Morgan fingerprint density at radius 1 is 1.18 bits per heavy atom. The molecular weight excluding hydrogens is 330 g/mol. The number of halogens is 3. The van der Waals surface area contributed by atoms with E-state index in [1.807, 2.05) is 0 Å². The third-order valence-corrected chi connectivity index (χ3v) is 3.48. The van der Waals surface area contributed by atoms with Gasteiger partial charge in [-0.3, -0.25) is 5.43 Å². The minimum Gasteiger partial charge on any atom is -0.545 e. The summed E-state index contributed by atoms with van der Waals surface area (Å²) in [6, 6.07) is 8.35. The fourth-order valence-electron chi connectivity index (χ4n) is 1.69. The van der Waals surface area contributed by atoms with E-state index in [-0.39, 0.29) is 15.6 Å². The average Bonchev–Trinajstić information content (AvgIpc) is 2.49. The van der Waals surface area contributed by atoms with Crippen molar-refractivity contribution in [1.29, 1.82) is 0 Å². The number of rotatable bonds is 4. The van der Waals surface area contributed by atoms with Crippen molar-refractivity contribution in [2.45, 2.75) is 6.92 Å². The number of hydrogen-bond donors (Lipinski definition) is 1. The number of aromatic carboxylic acids is 1. The first-order valence-corrected chi connectivity index (χ1v) is 6.90. The van der Waals surface area contributed by atoms with Gasteiger partial charge in [0, 0.05) is 5.56 Å². The topological polar surface area (TPSA) is 64.5 Å². The number of carboxylic acid groups (broad SMARTS) is 1. The Morgan fingerprint density at radius 3 is 2.41 bits per heavy atom. The summed E-state index contributed by atoms with van der Waals surface area (Å²) < 4.78 is 13.5. The van der Waals surface area contributed by atoms with Gasteiger partial charge in [-0.15, -0.1) is 0 Å². The van der Waals surface area contributed by atoms with Crippen molar-refractivity contribution in [3.05, 3.63) is 63.4 Å². The summed E-state index contributed by atoms with van der Waals surface area (Å²) in [6.07, 6.45) is 0. The van der Waals surface area contributed by atoms with E-state index in [1.54, 1.807) is 6.92 Å². The molecule has 2 rings (SSSR count). The molecule has 0 amide bonds. The normalized spacial score (nSPS) is 11.4. The Kier molecular flexibility index (Phi) is 5.00. The van der Waals surface area contributed by atoms with Crippen LogP contribution in [0.2, 0.25) is 10.0 Å². The minimum absolute atomic E-state index is 0.0626. The molecule has 0 aliphatic heterocycles. The second kappa shape index (κ2) is 6.77. The third kappa shape index (κ3) is 3.75.